The normalized spacial score (nSPS) is 18.5. The Morgan fingerprint density at radius 2 is 2.20 bits per heavy atom. The molecule has 1 N–H and O–H groups in total. The minimum atomic E-state index is -0.254. The Kier molecular flexibility index (Phi) is 5.01. The molecule has 1 unspecified atom stereocenters. The molecule has 1 fully saturated rings. The summed E-state index contributed by atoms with van der Waals surface area (Å²) in [7, 11) is 0. The molecule has 0 radical (unpaired) electrons. The molecule has 0 bridgehead atoms. The average molecular weight is 329 g/mol. The minimum absolute atomic E-state index is 0.0422. The average Bonchev–Trinajstić information content (AvgIpc) is 2.64. The molecule has 0 aliphatic carbocycles. The lowest BCUT2D eigenvalue weighted by molar-refractivity contribution is -0.131. The molecule has 1 aromatic carbocycles. The number of hydrogen-bond acceptors (Lipinski definition) is 4. The molecule has 2 rings (SSSR count). The van der Waals surface area contributed by atoms with E-state index in [2.05, 4.69) is 5.32 Å². The zero-order valence-electron chi connectivity index (χ0n) is 10.8. The Balaban J connectivity index is 1.89. The van der Waals surface area contributed by atoms with Gasteiger partial charge in [0.2, 0.25) is 11.8 Å². The van der Waals surface area contributed by atoms with Crippen molar-refractivity contribution in [2.24, 2.45) is 0 Å². The number of nitrogens with one attached hydrogen (secondary N) is 1. The summed E-state index contributed by atoms with van der Waals surface area (Å²) in [6, 6.07) is 7.28. The summed E-state index contributed by atoms with van der Waals surface area (Å²) < 4.78 is 0.454. The number of carbonyl (C=O) groups is 2. The first-order valence-corrected chi connectivity index (χ1v) is 7.67. The van der Waals surface area contributed by atoms with E-state index in [1.165, 1.54) is 16.7 Å². The van der Waals surface area contributed by atoms with Gasteiger partial charge in [0, 0.05) is 11.6 Å². The lowest BCUT2D eigenvalue weighted by Gasteiger charge is -2.15. The first-order valence-electron chi connectivity index (χ1n) is 6.01. The van der Waals surface area contributed by atoms with Gasteiger partial charge in [0.15, 0.2) is 0 Å². The molecule has 106 valence electrons. The van der Waals surface area contributed by atoms with E-state index >= 15 is 0 Å². The van der Waals surface area contributed by atoms with Gasteiger partial charge < -0.3 is 5.32 Å². The van der Waals surface area contributed by atoms with Gasteiger partial charge in [0.1, 0.15) is 10.9 Å². The van der Waals surface area contributed by atoms with Crippen LogP contribution in [-0.2, 0) is 16.1 Å². The van der Waals surface area contributed by atoms with Gasteiger partial charge in [-0.05, 0) is 18.6 Å². The van der Waals surface area contributed by atoms with Gasteiger partial charge >= 0.3 is 0 Å². The quantitative estimate of drug-likeness (QED) is 0.861. The van der Waals surface area contributed by atoms with Crippen molar-refractivity contribution in [3.63, 3.8) is 0 Å². The van der Waals surface area contributed by atoms with E-state index in [0.29, 0.717) is 15.9 Å². The number of carbonyl (C=O) groups excluding carboxylic acids is 2. The molecule has 2 amide bonds. The second kappa shape index (κ2) is 6.56. The molecular weight excluding hydrogens is 316 g/mol. The first kappa shape index (κ1) is 15.3. The van der Waals surface area contributed by atoms with Gasteiger partial charge in [-0.3, -0.25) is 14.5 Å². The van der Waals surface area contributed by atoms with E-state index in [1.54, 1.807) is 13.0 Å². The maximum absolute atomic E-state index is 11.9. The van der Waals surface area contributed by atoms with Crippen molar-refractivity contribution in [3.8, 4) is 0 Å². The van der Waals surface area contributed by atoms with Crippen molar-refractivity contribution in [2.75, 3.05) is 6.54 Å². The smallest absolute Gasteiger partial charge is 0.241 e. The molecule has 0 saturated carbocycles. The lowest BCUT2D eigenvalue weighted by atomic mass is 10.2. The third-order valence-electron chi connectivity index (χ3n) is 2.85. The summed E-state index contributed by atoms with van der Waals surface area (Å²) >= 11 is 12.4. The number of rotatable bonds is 4. The molecule has 1 atom stereocenters. The summed E-state index contributed by atoms with van der Waals surface area (Å²) in [5.41, 5.74) is 0.834. The second-order valence-corrected chi connectivity index (χ2v) is 6.70. The van der Waals surface area contributed by atoms with Gasteiger partial charge in [0.25, 0.3) is 0 Å². The van der Waals surface area contributed by atoms with Crippen molar-refractivity contribution in [1.29, 1.82) is 0 Å². The predicted molar refractivity (Wildman–Crippen MR) is 84.7 cm³/mol. The lowest BCUT2D eigenvalue weighted by Crippen LogP contribution is -2.40. The fourth-order valence-electron chi connectivity index (χ4n) is 1.75. The Morgan fingerprint density at radius 3 is 2.80 bits per heavy atom. The third kappa shape index (κ3) is 3.50. The largest absolute Gasteiger partial charge is 0.350 e. The molecule has 1 aliphatic heterocycles. The summed E-state index contributed by atoms with van der Waals surface area (Å²) in [5, 5.41) is 3.13. The number of benzene rings is 1. The van der Waals surface area contributed by atoms with Crippen LogP contribution >= 0.6 is 35.6 Å². The van der Waals surface area contributed by atoms with Crippen LogP contribution in [0.5, 0.6) is 0 Å². The molecular formula is C13H13ClN2O2S2. The Bertz CT molecular complexity index is 565. The fraction of sp³-hybridized carbons (Fsp3) is 0.308. The SMILES string of the molecule is CC1SC(=S)N(CC(=O)NCc2ccccc2Cl)C1=O. The van der Waals surface area contributed by atoms with Crippen LogP contribution < -0.4 is 5.32 Å². The van der Waals surface area contributed by atoms with Crippen LogP contribution in [0, 0.1) is 0 Å². The number of amides is 2. The Morgan fingerprint density at radius 1 is 1.50 bits per heavy atom. The summed E-state index contributed by atoms with van der Waals surface area (Å²) in [5.74, 6) is -0.372. The highest BCUT2D eigenvalue weighted by molar-refractivity contribution is 8.24. The molecule has 1 aliphatic rings. The zero-order valence-corrected chi connectivity index (χ0v) is 13.1. The van der Waals surface area contributed by atoms with Crippen molar-refractivity contribution in [2.45, 2.75) is 18.7 Å². The highest BCUT2D eigenvalue weighted by atomic mass is 35.5. The topological polar surface area (TPSA) is 49.4 Å². The molecule has 0 aromatic heterocycles. The molecule has 1 aromatic rings. The third-order valence-corrected chi connectivity index (χ3v) is 4.70. The highest BCUT2D eigenvalue weighted by Gasteiger charge is 2.34. The summed E-state index contributed by atoms with van der Waals surface area (Å²) in [4.78, 5) is 25.0. The van der Waals surface area contributed by atoms with E-state index in [4.69, 9.17) is 23.8 Å². The molecule has 20 heavy (non-hydrogen) atoms. The molecule has 7 heteroatoms. The van der Waals surface area contributed by atoms with E-state index in [0.717, 1.165) is 5.56 Å². The van der Waals surface area contributed by atoms with Gasteiger partial charge in [-0.15, -0.1) is 0 Å². The van der Waals surface area contributed by atoms with E-state index in [1.807, 2.05) is 18.2 Å². The monoisotopic (exact) mass is 328 g/mol. The standard InChI is InChI=1S/C13H13ClN2O2S2/c1-8-12(18)16(13(19)20-8)7-11(17)15-6-9-4-2-3-5-10(9)14/h2-5,8H,6-7H2,1H3,(H,15,17). The van der Waals surface area contributed by atoms with E-state index in [-0.39, 0.29) is 23.6 Å². The predicted octanol–water partition coefficient (Wildman–Crippen LogP) is 2.21. The van der Waals surface area contributed by atoms with Crippen LogP contribution in [0.2, 0.25) is 5.02 Å². The zero-order chi connectivity index (χ0) is 14.7. The molecule has 1 saturated heterocycles. The number of thioether (sulfide) groups is 1. The number of thiocarbonyl (C=S) groups is 1. The molecule has 4 nitrogen and oxygen atoms in total. The highest BCUT2D eigenvalue weighted by Crippen LogP contribution is 2.26. The molecule has 0 spiro atoms. The van der Waals surface area contributed by atoms with E-state index < -0.39 is 0 Å². The summed E-state index contributed by atoms with van der Waals surface area (Å²) in [6.45, 7) is 2.07. The van der Waals surface area contributed by atoms with E-state index in [9.17, 15) is 9.59 Å². The van der Waals surface area contributed by atoms with Crippen molar-refractivity contribution < 1.29 is 9.59 Å². The van der Waals surface area contributed by atoms with Crippen LogP contribution in [0.3, 0.4) is 0 Å². The van der Waals surface area contributed by atoms with Crippen molar-refractivity contribution >= 4 is 51.7 Å². The maximum atomic E-state index is 11.9. The van der Waals surface area contributed by atoms with Gasteiger partial charge in [-0.2, -0.15) is 0 Å². The maximum Gasteiger partial charge on any atom is 0.241 e. The van der Waals surface area contributed by atoms with Crippen molar-refractivity contribution in [3.05, 3.63) is 34.9 Å². The molecule has 1 heterocycles. The number of hydrogen-bond donors (Lipinski definition) is 1. The van der Waals surface area contributed by atoms with Gasteiger partial charge in [0.05, 0.1) is 5.25 Å². The first-order chi connectivity index (χ1) is 9.49. The van der Waals surface area contributed by atoms with Crippen LogP contribution in [0.1, 0.15) is 12.5 Å². The number of nitrogens with zero attached hydrogens (tertiary/aromatic N) is 1. The van der Waals surface area contributed by atoms with Crippen LogP contribution in [0.25, 0.3) is 0 Å². The van der Waals surface area contributed by atoms with Crippen LogP contribution in [-0.4, -0.2) is 32.8 Å². The second-order valence-electron chi connectivity index (χ2n) is 4.32. The van der Waals surface area contributed by atoms with Gasteiger partial charge in [-0.25, -0.2) is 0 Å². The minimum Gasteiger partial charge on any atom is -0.350 e. The van der Waals surface area contributed by atoms with Gasteiger partial charge in [-0.1, -0.05) is 53.8 Å². The fourth-order valence-corrected chi connectivity index (χ4v) is 3.35. The van der Waals surface area contributed by atoms with Crippen LogP contribution in [0.4, 0.5) is 0 Å². The van der Waals surface area contributed by atoms with Crippen molar-refractivity contribution in [1.82, 2.24) is 10.2 Å². The number of halogens is 1. The Labute approximate surface area is 131 Å². The Hall–Kier alpha value is -1.11. The summed E-state index contributed by atoms with van der Waals surface area (Å²) in [6.07, 6.45) is 0. The van der Waals surface area contributed by atoms with Crippen LogP contribution in [0.15, 0.2) is 24.3 Å².